The Balaban J connectivity index is 1.34. The van der Waals surface area contributed by atoms with Gasteiger partial charge in [-0.05, 0) is 31.9 Å². The number of aromatic nitrogens is 4. The van der Waals surface area contributed by atoms with E-state index in [0.29, 0.717) is 5.91 Å². The van der Waals surface area contributed by atoms with Crippen molar-refractivity contribution in [3.05, 3.63) is 30.2 Å². The zero-order valence-corrected chi connectivity index (χ0v) is 17.9. The Morgan fingerprint density at radius 3 is 2.60 bits per heavy atom. The molecule has 0 bridgehead atoms. The molecule has 1 saturated carbocycles. The third-order valence-electron chi connectivity index (χ3n) is 6.92. The van der Waals surface area contributed by atoms with Crippen LogP contribution in [0, 0.1) is 12.8 Å². The van der Waals surface area contributed by atoms with E-state index in [1.165, 1.54) is 24.9 Å². The Kier molecular flexibility index (Phi) is 4.97. The van der Waals surface area contributed by atoms with Gasteiger partial charge in [-0.2, -0.15) is 5.10 Å². The lowest BCUT2D eigenvalue weighted by Gasteiger charge is -2.38. The molecule has 7 heteroatoms. The third kappa shape index (κ3) is 3.36. The molecule has 1 saturated heterocycles. The topological polar surface area (TPSA) is 70.1 Å². The molecule has 0 spiro atoms. The van der Waals surface area contributed by atoms with Crippen LogP contribution in [0.1, 0.15) is 37.8 Å². The highest BCUT2D eigenvalue weighted by Gasteiger charge is 2.29. The molecule has 1 aliphatic heterocycles. The van der Waals surface area contributed by atoms with Gasteiger partial charge in [0.05, 0.1) is 11.9 Å². The van der Waals surface area contributed by atoms with Gasteiger partial charge in [0.15, 0.2) is 0 Å². The van der Waals surface area contributed by atoms with Crippen LogP contribution >= 0.6 is 0 Å². The minimum absolute atomic E-state index is 0.257. The highest BCUT2D eigenvalue weighted by molar-refractivity contribution is 5.94. The number of carbonyl (C=O) groups is 1. The maximum atomic E-state index is 12.9. The van der Waals surface area contributed by atoms with Crippen molar-refractivity contribution < 1.29 is 4.79 Å². The zero-order chi connectivity index (χ0) is 20.7. The SMILES string of the molecule is Cc1c(-c2cc3c(N4CCN(C(=O)C5CCCCC5)CC4)ccnc3[nH]2)cnn1C. The van der Waals surface area contributed by atoms with Gasteiger partial charge in [-0.15, -0.1) is 0 Å². The number of carbonyl (C=O) groups excluding carboxylic acids is 1. The van der Waals surface area contributed by atoms with Crippen molar-refractivity contribution in [2.24, 2.45) is 13.0 Å². The molecular formula is C23H30N6O. The van der Waals surface area contributed by atoms with E-state index in [2.05, 4.69) is 43.9 Å². The van der Waals surface area contributed by atoms with Crippen LogP contribution in [0.15, 0.2) is 24.5 Å². The zero-order valence-electron chi connectivity index (χ0n) is 17.9. The molecule has 0 unspecified atom stereocenters. The highest BCUT2D eigenvalue weighted by Crippen LogP contribution is 2.32. The molecular weight excluding hydrogens is 376 g/mol. The van der Waals surface area contributed by atoms with Crippen molar-refractivity contribution in [1.29, 1.82) is 0 Å². The van der Waals surface area contributed by atoms with E-state index in [9.17, 15) is 4.79 Å². The second-order valence-electron chi connectivity index (χ2n) is 8.69. The predicted octanol–water partition coefficient (Wildman–Crippen LogP) is 3.50. The van der Waals surface area contributed by atoms with Crippen molar-refractivity contribution in [3.8, 4) is 11.3 Å². The second kappa shape index (κ2) is 7.78. The largest absolute Gasteiger partial charge is 0.367 e. The standard InChI is InChI=1S/C23H30N6O/c1-16-19(15-25-27(16)2)20-14-18-21(8-9-24-22(18)26-20)28-10-12-29(13-11-28)23(30)17-6-4-3-5-7-17/h8-9,14-15,17H,3-7,10-13H2,1-2H3,(H,24,26). The number of pyridine rings is 1. The van der Waals surface area contributed by atoms with Crippen LogP contribution in [0.4, 0.5) is 5.69 Å². The number of hydrogen-bond acceptors (Lipinski definition) is 4. The van der Waals surface area contributed by atoms with Gasteiger partial charge >= 0.3 is 0 Å². The highest BCUT2D eigenvalue weighted by atomic mass is 16.2. The summed E-state index contributed by atoms with van der Waals surface area (Å²) in [5.74, 6) is 0.637. The summed E-state index contributed by atoms with van der Waals surface area (Å²) in [4.78, 5) is 25.4. The molecule has 2 fully saturated rings. The first-order chi connectivity index (χ1) is 14.6. The molecule has 5 rings (SSSR count). The first-order valence-electron chi connectivity index (χ1n) is 11.1. The molecule has 158 valence electrons. The van der Waals surface area contributed by atoms with Crippen LogP contribution in [0.2, 0.25) is 0 Å². The van der Waals surface area contributed by atoms with Crippen molar-refractivity contribution in [1.82, 2.24) is 24.6 Å². The summed E-state index contributed by atoms with van der Waals surface area (Å²) in [5.41, 5.74) is 5.35. The number of anilines is 1. The van der Waals surface area contributed by atoms with E-state index in [1.807, 2.05) is 24.1 Å². The molecule has 1 aliphatic carbocycles. The third-order valence-corrected chi connectivity index (χ3v) is 6.92. The molecule has 3 aromatic heterocycles. The summed E-state index contributed by atoms with van der Waals surface area (Å²) in [6.07, 6.45) is 9.61. The van der Waals surface area contributed by atoms with E-state index in [4.69, 9.17) is 0 Å². The van der Waals surface area contributed by atoms with E-state index in [1.54, 1.807) is 0 Å². The number of aryl methyl sites for hydroxylation is 1. The summed E-state index contributed by atoms with van der Waals surface area (Å²) in [6, 6.07) is 4.27. The average molecular weight is 407 g/mol. The maximum Gasteiger partial charge on any atom is 0.225 e. The molecule has 7 nitrogen and oxygen atoms in total. The van der Waals surface area contributed by atoms with Crippen LogP contribution < -0.4 is 4.90 Å². The fraction of sp³-hybridized carbons (Fsp3) is 0.522. The molecule has 2 aliphatic rings. The Morgan fingerprint density at radius 1 is 1.13 bits per heavy atom. The van der Waals surface area contributed by atoms with Gasteiger partial charge in [0.2, 0.25) is 5.91 Å². The number of rotatable bonds is 3. The number of amides is 1. The van der Waals surface area contributed by atoms with E-state index < -0.39 is 0 Å². The lowest BCUT2D eigenvalue weighted by molar-refractivity contribution is -0.136. The summed E-state index contributed by atoms with van der Waals surface area (Å²) in [5, 5.41) is 5.49. The first kappa shape index (κ1) is 19.2. The summed E-state index contributed by atoms with van der Waals surface area (Å²) in [6.45, 7) is 5.41. The Bertz CT molecular complexity index is 1050. The first-order valence-corrected chi connectivity index (χ1v) is 11.1. The monoisotopic (exact) mass is 406 g/mol. The minimum Gasteiger partial charge on any atom is -0.367 e. The van der Waals surface area contributed by atoms with Crippen LogP contribution in [0.25, 0.3) is 22.3 Å². The van der Waals surface area contributed by atoms with Crippen LogP contribution in [0.5, 0.6) is 0 Å². The van der Waals surface area contributed by atoms with Gasteiger partial charge in [0.1, 0.15) is 5.65 Å². The Hall–Kier alpha value is -2.83. The van der Waals surface area contributed by atoms with E-state index >= 15 is 0 Å². The number of H-pyrrole nitrogens is 1. The molecule has 0 aromatic carbocycles. The normalized spacial score (nSPS) is 18.3. The van der Waals surface area contributed by atoms with Crippen LogP contribution in [-0.4, -0.2) is 56.7 Å². The van der Waals surface area contributed by atoms with Gasteiger partial charge in [-0.25, -0.2) is 4.98 Å². The van der Waals surface area contributed by atoms with E-state index in [0.717, 1.165) is 67.0 Å². The fourth-order valence-electron chi connectivity index (χ4n) is 4.97. The van der Waals surface area contributed by atoms with Crippen molar-refractivity contribution in [2.45, 2.75) is 39.0 Å². The van der Waals surface area contributed by atoms with E-state index in [-0.39, 0.29) is 5.92 Å². The molecule has 0 atom stereocenters. The number of fused-ring (bicyclic) bond motifs is 1. The molecule has 1 N–H and O–H groups in total. The molecule has 1 amide bonds. The molecule has 4 heterocycles. The lowest BCUT2D eigenvalue weighted by Crippen LogP contribution is -2.50. The van der Waals surface area contributed by atoms with Gasteiger partial charge in [0.25, 0.3) is 0 Å². The van der Waals surface area contributed by atoms with Gasteiger partial charge in [-0.3, -0.25) is 9.48 Å². The molecule has 0 radical (unpaired) electrons. The van der Waals surface area contributed by atoms with Crippen molar-refractivity contribution >= 4 is 22.6 Å². The fourth-order valence-corrected chi connectivity index (χ4v) is 4.97. The number of hydrogen-bond donors (Lipinski definition) is 1. The number of nitrogens with zero attached hydrogens (tertiary/aromatic N) is 5. The van der Waals surface area contributed by atoms with Crippen LogP contribution in [-0.2, 0) is 11.8 Å². The average Bonchev–Trinajstić information content (AvgIpc) is 3.37. The van der Waals surface area contributed by atoms with Crippen molar-refractivity contribution in [2.75, 3.05) is 31.1 Å². The maximum absolute atomic E-state index is 12.9. The summed E-state index contributed by atoms with van der Waals surface area (Å²) >= 11 is 0. The second-order valence-corrected chi connectivity index (χ2v) is 8.69. The number of aromatic amines is 1. The van der Waals surface area contributed by atoms with Crippen LogP contribution in [0.3, 0.4) is 0 Å². The lowest BCUT2D eigenvalue weighted by atomic mass is 9.88. The van der Waals surface area contributed by atoms with Gasteiger partial charge in [-0.1, -0.05) is 19.3 Å². The summed E-state index contributed by atoms with van der Waals surface area (Å²) < 4.78 is 1.89. The summed E-state index contributed by atoms with van der Waals surface area (Å²) in [7, 11) is 1.96. The number of nitrogens with one attached hydrogen (secondary N) is 1. The number of piperazine rings is 1. The van der Waals surface area contributed by atoms with Gasteiger partial charge < -0.3 is 14.8 Å². The van der Waals surface area contributed by atoms with Crippen molar-refractivity contribution in [3.63, 3.8) is 0 Å². The predicted molar refractivity (Wildman–Crippen MR) is 118 cm³/mol. The quantitative estimate of drug-likeness (QED) is 0.723. The Labute approximate surface area is 177 Å². The molecule has 30 heavy (non-hydrogen) atoms. The smallest absolute Gasteiger partial charge is 0.225 e. The minimum atomic E-state index is 0.257. The molecule has 3 aromatic rings. The Morgan fingerprint density at radius 2 is 1.90 bits per heavy atom. The van der Waals surface area contributed by atoms with Gasteiger partial charge in [0, 0.05) is 67.7 Å².